The molecular formula is C18H28N2O2. The van der Waals surface area contributed by atoms with E-state index < -0.39 is 0 Å². The van der Waals surface area contributed by atoms with Gasteiger partial charge in [-0.05, 0) is 36.2 Å². The van der Waals surface area contributed by atoms with E-state index in [1.54, 1.807) is 13.3 Å². The third kappa shape index (κ3) is 8.45. The van der Waals surface area contributed by atoms with Crippen LogP contribution < -0.4 is 10.2 Å². The number of hydrogen-bond acceptors (Lipinski definition) is 3. The lowest BCUT2D eigenvalue weighted by Gasteiger charge is -2.01. The predicted octanol–water partition coefficient (Wildman–Crippen LogP) is 4.29. The van der Waals surface area contributed by atoms with Crippen molar-refractivity contribution in [3.05, 3.63) is 29.8 Å². The summed E-state index contributed by atoms with van der Waals surface area (Å²) in [6, 6.07) is 7.51. The number of hydrogen-bond donors (Lipinski definition) is 1. The van der Waals surface area contributed by atoms with Crippen LogP contribution in [-0.2, 0) is 4.79 Å². The van der Waals surface area contributed by atoms with Crippen molar-refractivity contribution < 1.29 is 9.53 Å². The lowest BCUT2D eigenvalue weighted by molar-refractivity contribution is -0.121. The van der Waals surface area contributed by atoms with Crippen molar-refractivity contribution in [1.29, 1.82) is 0 Å². The molecule has 0 bridgehead atoms. The number of nitrogens with zero attached hydrogens (tertiary/aromatic N) is 1. The molecule has 0 heterocycles. The Hall–Kier alpha value is -1.84. The first-order valence-electron chi connectivity index (χ1n) is 8.22. The maximum absolute atomic E-state index is 11.6. The van der Waals surface area contributed by atoms with Crippen LogP contribution in [0.4, 0.5) is 0 Å². The molecule has 4 nitrogen and oxygen atoms in total. The van der Waals surface area contributed by atoms with Crippen LogP contribution in [0.5, 0.6) is 5.75 Å². The molecule has 0 radical (unpaired) electrons. The second-order valence-electron chi connectivity index (χ2n) is 5.44. The maximum atomic E-state index is 11.6. The van der Waals surface area contributed by atoms with E-state index in [9.17, 15) is 4.79 Å². The summed E-state index contributed by atoms with van der Waals surface area (Å²) in [6.45, 7) is 2.22. The molecule has 122 valence electrons. The fourth-order valence-corrected chi connectivity index (χ4v) is 2.17. The van der Waals surface area contributed by atoms with E-state index in [-0.39, 0.29) is 5.91 Å². The van der Waals surface area contributed by atoms with Crippen LogP contribution in [0.25, 0.3) is 0 Å². The highest BCUT2D eigenvalue weighted by molar-refractivity contribution is 5.82. The number of ether oxygens (including phenoxy) is 1. The van der Waals surface area contributed by atoms with Crippen molar-refractivity contribution >= 4 is 12.1 Å². The molecule has 0 saturated heterocycles. The zero-order valence-corrected chi connectivity index (χ0v) is 13.8. The molecule has 0 atom stereocenters. The number of rotatable bonds is 11. The van der Waals surface area contributed by atoms with Crippen LogP contribution >= 0.6 is 0 Å². The highest BCUT2D eigenvalue weighted by Gasteiger charge is 1.99. The monoisotopic (exact) mass is 304 g/mol. The van der Waals surface area contributed by atoms with Gasteiger partial charge in [-0.1, -0.05) is 45.4 Å². The van der Waals surface area contributed by atoms with E-state index in [1.165, 1.54) is 32.1 Å². The van der Waals surface area contributed by atoms with Crippen LogP contribution in [0.1, 0.15) is 63.9 Å². The Morgan fingerprint density at radius 2 is 1.73 bits per heavy atom. The van der Waals surface area contributed by atoms with Gasteiger partial charge in [0.05, 0.1) is 13.3 Å². The van der Waals surface area contributed by atoms with Crippen molar-refractivity contribution in [3.63, 3.8) is 0 Å². The van der Waals surface area contributed by atoms with Crippen molar-refractivity contribution in [1.82, 2.24) is 5.43 Å². The largest absolute Gasteiger partial charge is 0.497 e. The topological polar surface area (TPSA) is 50.7 Å². The molecule has 0 aliphatic rings. The van der Waals surface area contributed by atoms with Gasteiger partial charge in [-0.15, -0.1) is 0 Å². The summed E-state index contributed by atoms with van der Waals surface area (Å²) in [5.41, 5.74) is 3.50. The quantitative estimate of drug-likeness (QED) is 0.377. The van der Waals surface area contributed by atoms with Gasteiger partial charge >= 0.3 is 0 Å². The van der Waals surface area contributed by atoms with Gasteiger partial charge in [0.2, 0.25) is 5.91 Å². The van der Waals surface area contributed by atoms with Gasteiger partial charge in [0.25, 0.3) is 0 Å². The molecule has 0 aliphatic heterocycles. The maximum Gasteiger partial charge on any atom is 0.240 e. The number of benzene rings is 1. The minimum atomic E-state index is -0.0154. The number of nitrogens with one attached hydrogen (secondary N) is 1. The zero-order chi connectivity index (χ0) is 16.0. The standard InChI is InChI=1S/C18H28N2O2/c1-3-4-5-6-7-8-9-10-18(21)20-19-15-16-11-13-17(22-2)14-12-16/h11-15H,3-10H2,1-2H3,(H,20,21)/b19-15+. The summed E-state index contributed by atoms with van der Waals surface area (Å²) in [6.07, 6.45) is 10.7. The van der Waals surface area contributed by atoms with E-state index in [0.717, 1.165) is 24.2 Å². The van der Waals surface area contributed by atoms with E-state index in [4.69, 9.17) is 4.74 Å². The summed E-state index contributed by atoms with van der Waals surface area (Å²) >= 11 is 0. The third-order valence-electron chi connectivity index (χ3n) is 3.53. The van der Waals surface area contributed by atoms with Crippen molar-refractivity contribution in [3.8, 4) is 5.75 Å². The molecule has 0 spiro atoms. The average molecular weight is 304 g/mol. The predicted molar refractivity (Wildman–Crippen MR) is 91.3 cm³/mol. The van der Waals surface area contributed by atoms with Gasteiger partial charge in [-0.25, -0.2) is 5.43 Å². The molecule has 1 aromatic rings. The molecule has 1 aromatic carbocycles. The Morgan fingerprint density at radius 1 is 1.09 bits per heavy atom. The molecule has 1 amide bonds. The molecule has 0 saturated carbocycles. The first-order valence-corrected chi connectivity index (χ1v) is 8.22. The minimum absolute atomic E-state index is 0.0154. The number of hydrazone groups is 1. The van der Waals surface area contributed by atoms with Gasteiger partial charge < -0.3 is 4.74 Å². The second-order valence-corrected chi connectivity index (χ2v) is 5.44. The lowest BCUT2D eigenvalue weighted by atomic mass is 10.1. The molecular weight excluding hydrogens is 276 g/mol. The molecule has 4 heteroatoms. The van der Waals surface area contributed by atoms with Crippen molar-refractivity contribution in [2.24, 2.45) is 5.10 Å². The number of amides is 1. The Morgan fingerprint density at radius 3 is 2.36 bits per heavy atom. The van der Waals surface area contributed by atoms with Crippen LogP contribution in [0.3, 0.4) is 0 Å². The fraction of sp³-hybridized carbons (Fsp3) is 0.556. The van der Waals surface area contributed by atoms with Gasteiger partial charge in [0.1, 0.15) is 5.75 Å². The number of methoxy groups -OCH3 is 1. The Kier molecular flexibility index (Phi) is 9.75. The summed E-state index contributed by atoms with van der Waals surface area (Å²) in [5.74, 6) is 0.790. The number of carbonyl (C=O) groups excluding carboxylic acids is 1. The van der Waals surface area contributed by atoms with E-state index in [2.05, 4.69) is 17.5 Å². The number of unbranched alkanes of at least 4 members (excludes halogenated alkanes) is 6. The van der Waals surface area contributed by atoms with Crippen molar-refractivity contribution in [2.75, 3.05) is 7.11 Å². The molecule has 0 fully saturated rings. The van der Waals surface area contributed by atoms with E-state index >= 15 is 0 Å². The Balaban J connectivity index is 2.10. The fourth-order valence-electron chi connectivity index (χ4n) is 2.17. The molecule has 1 N–H and O–H groups in total. The molecule has 1 rings (SSSR count). The zero-order valence-electron chi connectivity index (χ0n) is 13.8. The average Bonchev–Trinajstić information content (AvgIpc) is 2.54. The van der Waals surface area contributed by atoms with Gasteiger partial charge in [-0.3, -0.25) is 4.79 Å². The molecule has 0 unspecified atom stereocenters. The van der Waals surface area contributed by atoms with Crippen molar-refractivity contribution in [2.45, 2.75) is 58.3 Å². The van der Waals surface area contributed by atoms with Crippen LogP contribution in [-0.4, -0.2) is 19.2 Å². The number of carbonyl (C=O) groups is 1. The minimum Gasteiger partial charge on any atom is -0.497 e. The summed E-state index contributed by atoms with van der Waals surface area (Å²) in [5, 5.41) is 3.97. The smallest absolute Gasteiger partial charge is 0.240 e. The Bertz CT molecular complexity index is 441. The summed E-state index contributed by atoms with van der Waals surface area (Å²) in [7, 11) is 1.63. The van der Waals surface area contributed by atoms with E-state index in [1.807, 2.05) is 24.3 Å². The Labute approximate surface area is 134 Å². The lowest BCUT2D eigenvalue weighted by Crippen LogP contribution is -2.16. The van der Waals surface area contributed by atoms with Gasteiger partial charge in [0, 0.05) is 6.42 Å². The molecule has 0 aromatic heterocycles. The SMILES string of the molecule is CCCCCCCCCC(=O)N/N=C/c1ccc(OC)cc1. The highest BCUT2D eigenvalue weighted by Crippen LogP contribution is 2.10. The molecule has 22 heavy (non-hydrogen) atoms. The second kappa shape index (κ2) is 11.8. The first-order chi connectivity index (χ1) is 10.8. The third-order valence-corrected chi connectivity index (χ3v) is 3.53. The van der Waals surface area contributed by atoms with Gasteiger partial charge in [0.15, 0.2) is 0 Å². The van der Waals surface area contributed by atoms with Crippen LogP contribution in [0, 0.1) is 0 Å². The van der Waals surface area contributed by atoms with E-state index in [0.29, 0.717) is 6.42 Å². The summed E-state index contributed by atoms with van der Waals surface area (Å²) in [4.78, 5) is 11.6. The summed E-state index contributed by atoms with van der Waals surface area (Å²) < 4.78 is 5.08. The normalized spacial score (nSPS) is 10.8. The highest BCUT2D eigenvalue weighted by atomic mass is 16.5. The molecule has 0 aliphatic carbocycles. The first kappa shape index (κ1) is 18.2. The van der Waals surface area contributed by atoms with Gasteiger partial charge in [-0.2, -0.15) is 5.10 Å². The van der Waals surface area contributed by atoms with Crippen LogP contribution in [0.15, 0.2) is 29.4 Å². The van der Waals surface area contributed by atoms with Crippen LogP contribution in [0.2, 0.25) is 0 Å².